The fourth-order valence-corrected chi connectivity index (χ4v) is 4.98. The quantitative estimate of drug-likeness (QED) is 0.454. The number of esters is 1. The Morgan fingerprint density at radius 3 is 2.56 bits per heavy atom. The summed E-state index contributed by atoms with van der Waals surface area (Å²) < 4.78 is 15.8. The van der Waals surface area contributed by atoms with Crippen LogP contribution in [0, 0.1) is 12.8 Å². The van der Waals surface area contributed by atoms with E-state index in [9.17, 15) is 19.2 Å². The van der Waals surface area contributed by atoms with Gasteiger partial charge in [-0.1, -0.05) is 6.07 Å². The number of pyridine rings is 2. The number of ether oxygens (including phenoxy) is 2. The fraction of sp³-hybridized carbons (Fsp3) is 0.407. The van der Waals surface area contributed by atoms with E-state index in [-0.39, 0.29) is 58.6 Å². The number of hydrogen-bond donors (Lipinski definition) is 2. The molecule has 0 bridgehead atoms. The number of aryl methyl sites for hydroxylation is 1. The van der Waals surface area contributed by atoms with Gasteiger partial charge in [-0.3, -0.25) is 14.4 Å². The van der Waals surface area contributed by atoms with E-state index in [0.29, 0.717) is 44.7 Å². The molecule has 2 aliphatic rings. The zero-order valence-corrected chi connectivity index (χ0v) is 21.7. The van der Waals surface area contributed by atoms with Gasteiger partial charge in [-0.2, -0.15) is 0 Å². The van der Waals surface area contributed by atoms with Crippen molar-refractivity contribution in [2.75, 3.05) is 37.5 Å². The van der Waals surface area contributed by atoms with Crippen molar-refractivity contribution >= 4 is 46.3 Å². The second kappa shape index (κ2) is 11.2. The largest absolute Gasteiger partial charge is 0.464 e. The molecule has 0 radical (unpaired) electrons. The number of nitrogens with one attached hydrogen (secondary N) is 2. The number of morpholine rings is 1. The molecule has 4 heterocycles. The molecule has 0 aromatic carbocycles. The van der Waals surface area contributed by atoms with Crippen LogP contribution in [0.25, 0.3) is 11.1 Å². The third-order valence-corrected chi connectivity index (χ3v) is 7.07. The lowest BCUT2D eigenvalue weighted by atomic mass is 9.84. The molecule has 3 amide bonds. The molecule has 1 saturated carbocycles. The maximum Gasteiger partial charge on any atom is 0.356 e. The number of carbonyl (C=O) groups excluding carboxylic acids is 4. The number of fused-ring (bicyclic) bond motifs is 1. The molecule has 39 heavy (non-hydrogen) atoms. The van der Waals surface area contributed by atoms with Crippen LogP contribution in [0.3, 0.4) is 0 Å². The molecule has 1 aliphatic heterocycles. The summed E-state index contributed by atoms with van der Waals surface area (Å²) in [5, 5.41) is 5.51. The summed E-state index contributed by atoms with van der Waals surface area (Å²) >= 11 is 0. The molecule has 2 N–H and O–H groups in total. The fourth-order valence-electron chi connectivity index (χ4n) is 4.98. The number of amides is 3. The zero-order chi connectivity index (χ0) is 27.5. The van der Waals surface area contributed by atoms with Gasteiger partial charge in [-0.05, 0) is 56.4 Å². The van der Waals surface area contributed by atoms with Crippen molar-refractivity contribution in [2.45, 2.75) is 38.6 Å². The Bertz CT molecular complexity index is 1410. The van der Waals surface area contributed by atoms with Crippen molar-refractivity contribution in [3.05, 3.63) is 47.5 Å². The van der Waals surface area contributed by atoms with E-state index in [1.54, 1.807) is 18.3 Å². The summed E-state index contributed by atoms with van der Waals surface area (Å²) in [7, 11) is 1.24. The van der Waals surface area contributed by atoms with Crippen LogP contribution in [0.4, 0.5) is 11.5 Å². The molecule has 3 aromatic rings. The molecule has 12 heteroatoms. The van der Waals surface area contributed by atoms with Crippen LogP contribution < -0.4 is 10.6 Å². The van der Waals surface area contributed by atoms with E-state index >= 15 is 0 Å². The minimum absolute atomic E-state index is 0.00384. The van der Waals surface area contributed by atoms with Crippen molar-refractivity contribution in [3.63, 3.8) is 0 Å². The van der Waals surface area contributed by atoms with E-state index < -0.39 is 11.9 Å². The van der Waals surface area contributed by atoms with Crippen LogP contribution in [-0.4, -0.2) is 71.5 Å². The maximum atomic E-state index is 13.4. The van der Waals surface area contributed by atoms with Crippen molar-refractivity contribution in [3.8, 4) is 0 Å². The van der Waals surface area contributed by atoms with Crippen molar-refractivity contribution in [1.82, 2.24) is 14.9 Å². The summed E-state index contributed by atoms with van der Waals surface area (Å²) in [6.45, 7) is 3.05. The molecule has 0 spiro atoms. The van der Waals surface area contributed by atoms with Crippen LogP contribution in [0.2, 0.25) is 0 Å². The minimum atomic E-state index is -0.666. The average molecular weight is 536 g/mol. The summed E-state index contributed by atoms with van der Waals surface area (Å²) in [4.78, 5) is 61.3. The van der Waals surface area contributed by atoms with Crippen molar-refractivity contribution in [1.29, 1.82) is 0 Å². The Hall–Kier alpha value is -4.32. The average Bonchev–Trinajstić information content (AvgIpc) is 3.31. The van der Waals surface area contributed by atoms with Crippen molar-refractivity contribution < 1.29 is 33.1 Å². The summed E-state index contributed by atoms with van der Waals surface area (Å²) in [5.74, 6) is -1.80. The molecule has 0 unspecified atom stereocenters. The highest BCUT2D eigenvalue weighted by molar-refractivity contribution is 6.14. The number of aromatic nitrogens is 2. The Labute approximate surface area is 224 Å². The van der Waals surface area contributed by atoms with Gasteiger partial charge in [0.25, 0.3) is 5.91 Å². The molecule has 1 aliphatic carbocycles. The number of rotatable bonds is 6. The highest BCUT2D eigenvalue weighted by Crippen LogP contribution is 2.34. The smallest absolute Gasteiger partial charge is 0.356 e. The first-order valence-electron chi connectivity index (χ1n) is 12.8. The lowest BCUT2D eigenvalue weighted by Crippen LogP contribution is -2.49. The number of methoxy groups -OCH3 is 1. The van der Waals surface area contributed by atoms with Crippen LogP contribution in [0.5, 0.6) is 0 Å². The van der Waals surface area contributed by atoms with Gasteiger partial charge in [-0.25, -0.2) is 14.8 Å². The van der Waals surface area contributed by atoms with Gasteiger partial charge in [-0.15, -0.1) is 0 Å². The standard InChI is InChI=1S/C27H29N5O7/c1-15-3-10-20(28-13-15)30-26(35)24-23(22-19(39-24)9-8-18(29-22)27(36)37-2)31-25(34)16-4-6-17(7-5-16)32-11-12-38-14-21(32)33/h3,8-10,13,16-17H,4-7,11-12,14H2,1-2H3,(H,31,34)(H,28,30,35). The first kappa shape index (κ1) is 26.3. The molecule has 1 saturated heterocycles. The number of nitrogens with zero attached hydrogens (tertiary/aromatic N) is 3. The molecular weight excluding hydrogens is 506 g/mol. The van der Waals surface area contributed by atoms with E-state index in [4.69, 9.17) is 13.9 Å². The maximum absolute atomic E-state index is 13.4. The Kier molecular flexibility index (Phi) is 7.55. The predicted octanol–water partition coefficient (Wildman–Crippen LogP) is 2.93. The number of furan rings is 1. The molecule has 204 valence electrons. The van der Waals surface area contributed by atoms with Gasteiger partial charge in [0, 0.05) is 24.7 Å². The van der Waals surface area contributed by atoms with Gasteiger partial charge in [0.15, 0.2) is 5.58 Å². The lowest BCUT2D eigenvalue weighted by molar-refractivity contribution is -0.146. The molecule has 3 aromatic heterocycles. The number of hydrogen-bond acceptors (Lipinski definition) is 9. The zero-order valence-electron chi connectivity index (χ0n) is 21.7. The van der Waals surface area contributed by atoms with Gasteiger partial charge in [0.2, 0.25) is 17.6 Å². The highest BCUT2D eigenvalue weighted by atomic mass is 16.5. The lowest BCUT2D eigenvalue weighted by Gasteiger charge is -2.38. The molecule has 5 rings (SSSR count). The summed E-state index contributed by atoms with van der Waals surface area (Å²) in [6.07, 6.45) is 4.14. The topological polar surface area (TPSA) is 153 Å². The highest BCUT2D eigenvalue weighted by Gasteiger charge is 2.34. The van der Waals surface area contributed by atoms with Gasteiger partial charge >= 0.3 is 5.97 Å². The third kappa shape index (κ3) is 5.60. The van der Waals surface area contributed by atoms with Crippen LogP contribution in [0.15, 0.2) is 34.9 Å². The van der Waals surface area contributed by atoms with Gasteiger partial charge < -0.3 is 29.4 Å². The SMILES string of the molecule is COC(=O)c1ccc2oc(C(=O)Nc3ccc(C)cn3)c(NC(=O)C3CCC(N4CCOCC4=O)CC3)c2n1. The Morgan fingerprint density at radius 1 is 1.08 bits per heavy atom. The van der Waals surface area contributed by atoms with Crippen molar-refractivity contribution in [2.24, 2.45) is 5.92 Å². The van der Waals surface area contributed by atoms with E-state index in [1.165, 1.54) is 19.2 Å². The summed E-state index contributed by atoms with van der Waals surface area (Å²) in [5.41, 5.74) is 1.37. The van der Waals surface area contributed by atoms with Gasteiger partial charge in [0.1, 0.15) is 29.3 Å². The molecule has 2 fully saturated rings. The normalized spacial score (nSPS) is 19.5. The molecular formula is C27H29N5O7. The Morgan fingerprint density at radius 2 is 1.87 bits per heavy atom. The molecule has 12 nitrogen and oxygen atoms in total. The van der Waals surface area contributed by atoms with Crippen LogP contribution in [-0.2, 0) is 19.1 Å². The van der Waals surface area contributed by atoms with Crippen LogP contribution in [0.1, 0.15) is 52.3 Å². The minimum Gasteiger partial charge on any atom is -0.464 e. The summed E-state index contributed by atoms with van der Waals surface area (Å²) in [6, 6.07) is 6.44. The van der Waals surface area contributed by atoms with E-state index in [1.807, 2.05) is 11.8 Å². The Balaban J connectivity index is 1.38. The second-order valence-electron chi connectivity index (χ2n) is 9.65. The number of anilines is 2. The molecule has 0 atom stereocenters. The van der Waals surface area contributed by atoms with Gasteiger partial charge in [0.05, 0.1) is 13.7 Å². The van der Waals surface area contributed by atoms with E-state index in [2.05, 4.69) is 20.6 Å². The predicted molar refractivity (Wildman–Crippen MR) is 139 cm³/mol. The first-order chi connectivity index (χ1) is 18.8. The number of carbonyl (C=O) groups is 4. The first-order valence-corrected chi connectivity index (χ1v) is 12.8. The monoisotopic (exact) mass is 535 g/mol. The van der Waals surface area contributed by atoms with Crippen LogP contribution >= 0.6 is 0 Å². The second-order valence-corrected chi connectivity index (χ2v) is 9.65. The third-order valence-electron chi connectivity index (χ3n) is 7.07. The van der Waals surface area contributed by atoms with E-state index in [0.717, 1.165) is 5.56 Å².